The maximum absolute atomic E-state index is 12.2. The molecule has 1 unspecified atom stereocenters. The Morgan fingerprint density at radius 2 is 2.32 bits per heavy atom. The van der Waals surface area contributed by atoms with Crippen molar-refractivity contribution in [1.82, 2.24) is 10.3 Å². The molecule has 0 aliphatic heterocycles. The van der Waals surface area contributed by atoms with E-state index in [1.54, 1.807) is 36.1 Å². The molecule has 3 rings (SSSR count). The Morgan fingerprint density at radius 3 is 3.00 bits per heavy atom. The van der Waals surface area contributed by atoms with Gasteiger partial charge in [0.2, 0.25) is 0 Å². The van der Waals surface area contributed by atoms with Crippen molar-refractivity contribution < 1.29 is 9.21 Å². The SMILES string of the molecule is O=C(NCC(c1ccsc1)c1ccco1)c1cncc(Br)c1. The molecule has 0 radical (unpaired) electrons. The lowest BCUT2D eigenvalue weighted by Gasteiger charge is -2.14. The van der Waals surface area contributed by atoms with Gasteiger partial charge in [0.25, 0.3) is 5.91 Å². The molecule has 0 fully saturated rings. The fourth-order valence-electron chi connectivity index (χ4n) is 2.18. The van der Waals surface area contributed by atoms with Gasteiger partial charge in [0, 0.05) is 23.4 Å². The quantitative estimate of drug-likeness (QED) is 0.730. The number of hydrogen-bond donors (Lipinski definition) is 1. The number of hydrogen-bond acceptors (Lipinski definition) is 4. The van der Waals surface area contributed by atoms with Crippen LogP contribution in [0.3, 0.4) is 0 Å². The van der Waals surface area contributed by atoms with Crippen LogP contribution in [0.2, 0.25) is 0 Å². The maximum atomic E-state index is 12.2. The highest BCUT2D eigenvalue weighted by Gasteiger charge is 2.19. The molecule has 1 amide bonds. The monoisotopic (exact) mass is 376 g/mol. The number of aromatic nitrogens is 1. The zero-order valence-electron chi connectivity index (χ0n) is 11.5. The van der Waals surface area contributed by atoms with Crippen molar-refractivity contribution in [2.75, 3.05) is 6.54 Å². The van der Waals surface area contributed by atoms with Gasteiger partial charge in [-0.3, -0.25) is 9.78 Å². The molecule has 4 nitrogen and oxygen atoms in total. The Balaban J connectivity index is 1.73. The highest BCUT2D eigenvalue weighted by atomic mass is 79.9. The maximum Gasteiger partial charge on any atom is 0.252 e. The summed E-state index contributed by atoms with van der Waals surface area (Å²) in [4.78, 5) is 16.2. The number of pyridine rings is 1. The second-order valence-corrected chi connectivity index (χ2v) is 6.42. The van der Waals surface area contributed by atoms with Crippen molar-refractivity contribution in [2.45, 2.75) is 5.92 Å². The van der Waals surface area contributed by atoms with Gasteiger partial charge in [0.15, 0.2) is 0 Å². The first-order valence-corrected chi connectivity index (χ1v) is 8.42. The van der Waals surface area contributed by atoms with E-state index in [1.165, 1.54) is 0 Å². The van der Waals surface area contributed by atoms with Gasteiger partial charge >= 0.3 is 0 Å². The molecular weight excluding hydrogens is 364 g/mol. The summed E-state index contributed by atoms with van der Waals surface area (Å²) in [5.41, 5.74) is 1.66. The third-order valence-electron chi connectivity index (χ3n) is 3.27. The van der Waals surface area contributed by atoms with Crippen LogP contribution in [0.5, 0.6) is 0 Å². The molecule has 0 spiro atoms. The second kappa shape index (κ2) is 6.89. The van der Waals surface area contributed by atoms with Gasteiger partial charge < -0.3 is 9.73 Å². The Labute approximate surface area is 140 Å². The van der Waals surface area contributed by atoms with E-state index in [9.17, 15) is 4.79 Å². The number of carbonyl (C=O) groups excluding carboxylic acids is 1. The van der Waals surface area contributed by atoms with Crippen molar-refractivity contribution in [2.24, 2.45) is 0 Å². The van der Waals surface area contributed by atoms with E-state index in [4.69, 9.17) is 4.42 Å². The number of rotatable bonds is 5. The van der Waals surface area contributed by atoms with Crippen molar-refractivity contribution in [1.29, 1.82) is 0 Å². The van der Waals surface area contributed by atoms with Gasteiger partial charge in [0.05, 0.1) is 17.7 Å². The average molecular weight is 377 g/mol. The van der Waals surface area contributed by atoms with Crippen molar-refractivity contribution in [3.05, 3.63) is 75.0 Å². The van der Waals surface area contributed by atoms with Crippen LogP contribution in [-0.4, -0.2) is 17.4 Å². The molecule has 1 N–H and O–H groups in total. The molecule has 0 aromatic carbocycles. The molecule has 0 saturated carbocycles. The molecule has 112 valence electrons. The highest BCUT2D eigenvalue weighted by molar-refractivity contribution is 9.10. The summed E-state index contributed by atoms with van der Waals surface area (Å²) in [6.45, 7) is 0.468. The predicted molar refractivity (Wildman–Crippen MR) is 89.1 cm³/mol. The number of amides is 1. The highest BCUT2D eigenvalue weighted by Crippen LogP contribution is 2.26. The van der Waals surface area contributed by atoms with Crippen LogP contribution in [0.1, 0.15) is 27.6 Å². The fraction of sp³-hybridized carbons (Fsp3) is 0.125. The molecule has 0 aliphatic rings. The average Bonchev–Trinajstić information content (AvgIpc) is 3.21. The van der Waals surface area contributed by atoms with Crippen LogP contribution in [0.15, 0.2) is 62.6 Å². The van der Waals surface area contributed by atoms with Crippen LogP contribution in [0, 0.1) is 0 Å². The smallest absolute Gasteiger partial charge is 0.252 e. The van der Waals surface area contributed by atoms with Crippen LogP contribution in [0.4, 0.5) is 0 Å². The first kappa shape index (κ1) is 15.0. The topological polar surface area (TPSA) is 55.1 Å². The third-order valence-corrected chi connectivity index (χ3v) is 4.40. The summed E-state index contributed by atoms with van der Waals surface area (Å²) >= 11 is 4.94. The molecule has 0 aliphatic carbocycles. The third kappa shape index (κ3) is 3.45. The van der Waals surface area contributed by atoms with Crippen molar-refractivity contribution in [3.8, 4) is 0 Å². The summed E-state index contributed by atoms with van der Waals surface area (Å²) < 4.78 is 6.29. The lowest BCUT2D eigenvalue weighted by Crippen LogP contribution is -2.28. The summed E-state index contributed by atoms with van der Waals surface area (Å²) in [7, 11) is 0. The molecule has 6 heteroatoms. The van der Waals surface area contributed by atoms with Crippen molar-refractivity contribution >= 4 is 33.2 Å². The minimum absolute atomic E-state index is 0.00492. The van der Waals surface area contributed by atoms with Crippen molar-refractivity contribution in [3.63, 3.8) is 0 Å². The van der Waals surface area contributed by atoms with Gasteiger partial charge in [-0.05, 0) is 56.5 Å². The first-order chi connectivity index (χ1) is 10.7. The van der Waals surface area contributed by atoms with Gasteiger partial charge in [-0.2, -0.15) is 11.3 Å². The number of furan rings is 1. The normalized spacial score (nSPS) is 12.0. The minimum atomic E-state index is -0.152. The second-order valence-electron chi connectivity index (χ2n) is 4.73. The van der Waals surface area contributed by atoms with Crippen LogP contribution in [-0.2, 0) is 0 Å². The Hall–Kier alpha value is -1.92. The van der Waals surface area contributed by atoms with Crippen LogP contribution in [0.25, 0.3) is 0 Å². The molecule has 3 aromatic heterocycles. The Bertz CT molecular complexity index is 707. The number of nitrogens with one attached hydrogen (secondary N) is 1. The van der Waals surface area contributed by atoms with E-state index < -0.39 is 0 Å². The largest absolute Gasteiger partial charge is 0.469 e. The lowest BCUT2D eigenvalue weighted by atomic mass is 9.99. The molecule has 22 heavy (non-hydrogen) atoms. The summed E-state index contributed by atoms with van der Waals surface area (Å²) in [5, 5.41) is 7.04. The number of halogens is 1. The van der Waals surface area contributed by atoms with Crippen LogP contribution >= 0.6 is 27.3 Å². The fourth-order valence-corrected chi connectivity index (χ4v) is 3.26. The van der Waals surface area contributed by atoms with Gasteiger partial charge in [0.1, 0.15) is 5.76 Å². The van der Waals surface area contributed by atoms with E-state index in [0.717, 1.165) is 15.8 Å². The minimum Gasteiger partial charge on any atom is -0.469 e. The van der Waals surface area contributed by atoms with Crippen LogP contribution < -0.4 is 5.32 Å². The van der Waals surface area contributed by atoms with Gasteiger partial charge in [-0.25, -0.2) is 0 Å². The summed E-state index contributed by atoms with van der Waals surface area (Å²) in [6.07, 6.45) is 4.84. The molecular formula is C16H13BrN2O2S. The van der Waals surface area contributed by atoms with E-state index in [2.05, 4.69) is 31.6 Å². The van der Waals surface area contributed by atoms with E-state index in [-0.39, 0.29) is 11.8 Å². The van der Waals surface area contributed by atoms with E-state index in [1.807, 2.05) is 23.6 Å². The Kier molecular flexibility index (Phi) is 4.70. The Morgan fingerprint density at radius 1 is 1.41 bits per heavy atom. The first-order valence-electron chi connectivity index (χ1n) is 6.68. The molecule has 3 aromatic rings. The molecule has 3 heterocycles. The number of carbonyl (C=O) groups is 1. The molecule has 0 bridgehead atoms. The van der Waals surface area contributed by atoms with Gasteiger partial charge in [-0.1, -0.05) is 0 Å². The summed E-state index contributed by atoms with van der Waals surface area (Å²) in [5.74, 6) is 0.692. The number of thiophene rings is 1. The number of nitrogens with zero attached hydrogens (tertiary/aromatic N) is 1. The van der Waals surface area contributed by atoms with E-state index in [0.29, 0.717) is 12.1 Å². The lowest BCUT2D eigenvalue weighted by molar-refractivity contribution is 0.0951. The summed E-state index contributed by atoms with van der Waals surface area (Å²) in [6, 6.07) is 7.57. The van der Waals surface area contributed by atoms with E-state index >= 15 is 0 Å². The van der Waals surface area contributed by atoms with Gasteiger partial charge in [-0.15, -0.1) is 0 Å². The standard InChI is InChI=1S/C16H13BrN2O2S/c17-13-6-12(7-18-8-13)16(20)19-9-14(11-3-5-22-10-11)15-2-1-4-21-15/h1-8,10,14H,9H2,(H,19,20). The zero-order chi connectivity index (χ0) is 15.4. The zero-order valence-corrected chi connectivity index (χ0v) is 13.9. The molecule has 0 saturated heterocycles. The molecule has 1 atom stereocenters. The predicted octanol–water partition coefficient (Wildman–Crippen LogP) is 4.06.